The van der Waals surface area contributed by atoms with Gasteiger partial charge in [0.1, 0.15) is 6.54 Å². The number of carbonyl (C=O) groups excluding carboxylic acids is 3. The summed E-state index contributed by atoms with van der Waals surface area (Å²) < 4.78 is 0. The molecule has 4 amide bonds. The molecule has 1 heterocycles. The molecule has 6 heteroatoms. The third kappa shape index (κ3) is 5.73. The fraction of sp³-hybridized carbons (Fsp3) is 0.800. The van der Waals surface area contributed by atoms with Gasteiger partial charge in [0.15, 0.2) is 0 Å². The number of unbranched alkanes of at least 4 members (excludes halogenated alkanes) is 5. The monoisotopic (exact) mass is 297 g/mol. The number of carbonyl (C=O) groups is 3. The molecule has 120 valence electrons. The molecule has 0 aromatic rings. The van der Waals surface area contributed by atoms with E-state index < -0.39 is 6.03 Å². The minimum absolute atomic E-state index is 0.0651. The van der Waals surface area contributed by atoms with E-state index in [4.69, 9.17) is 0 Å². The number of nitrogens with one attached hydrogen (secondary N) is 1. The molecule has 1 saturated heterocycles. The molecule has 0 aliphatic carbocycles. The van der Waals surface area contributed by atoms with Gasteiger partial charge in [-0.15, -0.1) is 0 Å². The van der Waals surface area contributed by atoms with Crippen LogP contribution in [0.5, 0.6) is 0 Å². The lowest BCUT2D eigenvalue weighted by Crippen LogP contribution is -2.46. The van der Waals surface area contributed by atoms with Crippen LogP contribution >= 0.6 is 0 Å². The average molecular weight is 297 g/mol. The van der Waals surface area contributed by atoms with Gasteiger partial charge in [-0.3, -0.25) is 15.0 Å². The van der Waals surface area contributed by atoms with E-state index in [1.807, 2.05) is 6.92 Å². The molecule has 0 radical (unpaired) electrons. The van der Waals surface area contributed by atoms with Crippen LogP contribution in [0.4, 0.5) is 4.79 Å². The normalized spacial score (nSPS) is 15.0. The van der Waals surface area contributed by atoms with Crippen molar-refractivity contribution in [2.45, 2.75) is 65.2 Å². The Morgan fingerprint density at radius 3 is 2.38 bits per heavy atom. The van der Waals surface area contributed by atoms with Crippen molar-refractivity contribution in [2.24, 2.45) is 0 Å². The first-order valence-electron chi connectivity index (χ1n) is 8.01. The molecule has 0 spiro atoms. The fourth-order valence-electron chi connectivity index (χ4n) is 2.25. The Kier molecular flexibility index (Phi) is 7.79. The van der Waals surface area contributed by atoms with Crippen LogP contribution in [0.15, 0.2) is 0 Å². The van der Waals surface area contributed by atoms with Crippen molar-refractivity contribution in [1.29, 1.82) is 0 Å². The molecule has 0 aromatic carbocycles. The predicted molar refractivity (Wildman–Crippen MR) is 80.2 cm³/mol. The van der Waals surface area contributed by atoms with Crippen LogP contribution in [0.1, 0.15) is 65.2 Å². The molecule has 1 rings (SSSR count). The van der Waals surface area contributed by atoms with E-state index in [0.29, 0.717) is 13.0 Å². The van der Waals surface area contributed by atoms with Gasteiger partial charge in [0.25, 0.3) is 5.91 Å². The lowest BCUT2D eigenvalue weighted by Gasteiger charge is -2.17. The Bertz CT molecular complexity index is 371. The minimum atomic E-state index is -0.409. The number of hydrogen-bond donors (Lipinski definition) is 1. The Morgan fingerprint density at radius 1 is 1.05 bits per heavy atom. The highest BCUT2D eigenvalue weighted by atomic mass is 16.2. The summed E-state index contributed by atoms with van der Waals surface area (Å²) in [6.45, 7) is 4.79. The van der Waals surface area contributed by atoms with E-state index in [9.17, 15) is 14.4 Å². The largest absolute Gasteiger partial charge is 0.346 e. The van der Waals surface area contributed by atoms with Crippen molar-refractivity contribution < 1.29 is 14.4 Å². The van der Waals surface area contributed by atoms with Gasteiger partial charge in [-0.05, 0) is 12.8 Å². The number of urea groups is 1. The van der Waals surface area contributed by atoms with Crippen molar-refractivity contribution >= 4 is 17.8 Å². The van der Waals surface area contributed by atoms with E-state index in [-0.39, 0.29) is 18.4 Å². The number of hydrazine groups is 1. The molecule has 6 nitrogen and oxygen atoms in total. The Labute approximate surface area is 126 Å². The standard InChI is InChI=1S/C15H27N3O3/c1-3-5-7-8-9-10-13(19)16-18-14(20)12-17(15(18)21)11-6-4-2/h3-12H2,1-2H3,(H,16,19). The maximum Gasteiger partial charge on any atom is 0.346 e. The molecule has 0 bridgehead atoms. The summed E-state index contributed by atoms with van der Waals surface area (Å²) in [5, 5.41) is 0.865. The van der Waals surface area contributed by atoms with Gasteiger partial charge in [-0.25, -0.2) is 4.79 Å². The second-order valence-corrected chi connectivity index (χ2v) is 5.49. The number of nitrogens with zero attached hydrogens (tertiary/aromatic N) is 2. The highest BCUT2D eigenvalue weighted by Gasteiger charge is 2.36. The van der Waals surface area contributed by atoms with Crippen molar-refractivity contribution in [3.05, 3.63) is 0 Å². The van der Waals surface area contributed by atoms with Crippen LogP contribution < -0.4 is 5.43 Å². The zero-order chi connectivity index (χ0) is 15.7. The Hall–Kier alpha value is -1.59. The molecule has 1 fully saturated rings. The van der Waals surface area contributed by atoms with Crippen LogP contribution in [-0.4, -0.2) is 40.8 Å². The first-order valence-corrected chi connectivity index (χ1v) is 8.01. The lowest BCUT2D eigenvalue weighted by atomic mass is 10.1. The van der Waals surface area contributed by atoms with Gasteiger partial charge >= 0.3 is 6.03 Å². The van der Waals surface area contributed by atoms with Crippen LogP contribution in [0.3, 0.4) is 0 Å². The molecule has 0 aromatic heterocycles. The van der Waals surface area contributed by atoms with Gasteiger partial charge in [-0.1, -0.05) is 46.0 Å². The predicted octanol–water partition coefficient (Wildman–Crippen LogP) is 2.44. The first-order chi connectivity index (χ1) is 10.1. The highest BCUT2D eigenvalue weighted by Crippen LogP contribution is 2.10. The van der Waals surface area contributed by atoms with Crippen molar-refractivity contribution in [2.75, 3.05) is 13.1 Å². The molecule has 1 aliphatic rings. The molecule has 0 atom stereocenters. The molecule has 1 N–H and O–H groups in total. The number of rotatable bonds is 10. The molecule has 21 heavy (non-hydrogen) atoms. The van der Waals surface area contributed by atoms with Crippen LogP contribution in [0, 0.1) is 0 Å². The number of amides is 4. The zero-order valence-electron chi connectivity index (χ0n) is 13.2. The minimum Gasteiger partial charge on any atom is -0.313 e. The quantitative estimate of drug-likeness (QED) is 0.497. The van der Waals surface area contributed by atoms with Gasteiger partial charge < -0.3 is 4.90 Å². The van der Waals surface area contributed by atoms with Crippen LogP contribution in [0.25, 0.3) is 0 Å². The van der Waals surface area contributed by atoms with Crippen LogP contribution in [-0.2, 0) is 9.59 Å². The number of imide groups is 1. The maximum atomic E-state index is 12.0. The third-order valence-electron chi connectivity index (χ3n) is 3.56. The number of hydrogen-bond acceptors (Lipinski definition) is 3. The zero-order valence-corrected chi connectivity index (χ0v) is 13.2. The van der Waals surface area contributed by atoms with E-state index in [2.05, 4.69) is 12.3 Å². The Morgan fingerprint density at radius 2 is 1.71 bits per heavy atom. The smallest absolute Gasteiger partial charge is 0.313 e. The van der Waals surface area contributed by atoms with Crippen molar-refractivity contribution in [1.82, 2.24) is 15.3 Å². The summed E-state index contributed by atoms with van der Waals surface area (Å²) >= 11 is 0. The molecular formula is C15H27N3O3. The molecule has 1 aliphatic heterocycles. The van der Waals surface area contributed by atoms with Crippen LogP contribution in [0.2, 0.25) is 0 Å². The summed E-state index contributed by atoms with van der Waals surface area (Å²) in [4.78, 5) is 37.0. The van der Waals surface area contributed by atoms with E-state index in [0.717, 1.165) is 43.5 Å². The van der Waals surface area contributed by atoms with E-state index in [1.54, 1.807) is 0 Å². The fourth-order valence-corrected chi connectivity index (χ4v) is 2.25. The summed E-state index contributed by atoms with van der Waals surface area (Å²) in [6, 6.07) is -0.409. The summed E-state index contributed by atoms with van der Waals surface area (Å²) in [5.74, 6) is -0.610. The molecular weight excluding hydrogens is 270 g/mol. The van der Waals surface area contributed by atoms with Crippen molar-refractivity contribution in [3.8, 4) is 0 Å². The van der Waals surface area contributed by atoms with Gasteiger partial charge in [0, 0.05) is 13.0 Å². The second kappa shape index (κ2) is 9.37. The van der Waals surface area contributed by atoms with Gasteiger partial charge in [-0.2, -0.15) is 5.01 Å². The molecule has 0 unspecified atom stereocenters. The maximum absolute atomic E-state index is 12.0. The summed E-state index contributed by atoms with van der Waals surface area (Å²) in [5.41, 5.74) is 2.43. The van der Waals surface area contributed by atoms with Crippen molar-refractivity contribution in [3.63, 3.8) is 0 Å². The summed E-state index contributed by atoms with van der Waals surface area (Å²) in [7, 11) is 0. The van der Waals surface area contributed by atoms with E-state index >= 15 is 0 Å². The second-order valence-electron chi connectivity index (χ2n) is 5.49. The first kappa shape index (κ1) is 17.5. The van der Waals surface area contributed by atoms with Gasteiger partial charge in [0.05, 0.1) is 0 Å². The molecule has 0 saturated carbocycles. The van der Waals surface area contributed by atoms with Gasteiger partial charge in [0.2, 0.25) is 5.91 Å². The van der Waals surface area contributed by atoms with E-state index in [1.165, 1.54) is 11.3 Å². The summed E-state index contributed by atoms with van der Waals surface area (Å²) in [6.07, 6.45) is 7.44. The SMILES string of the molecule is CCCCCCCC(=O)NN1C(=O)CN(CCCC)C1=O. The topological polar surface area (TPSA) is 69.7 Å². The Balaban J connectivity index is 2.31. The average Bonchev–Trinajstić information content (AvgIpc) is 2.72. The third-order valence-corrected chi connectivity index (χ3v) is 3.56. The highest BCUT2D eigenvalue weighted by molar-refractivity contribution is 6.03. The lowest BCUT2D eigenvalue weighted by molar-refractivity contribution is -0.135.